The Kier molecular flexibility index (Phi) is 4.68. The van der Waals surface area contributed by atoms with E-state index < -0.39 is 0 Å². The number of hydrogen-bond acceptors (Lipinski definition) is 5. The summed E-state index contributed by atoms with van der Waals surface area (Å²) in [4.78, 5) is 14.4. The summed E-state index contributed by atoms with van der Waals surface area (Å²) in [5.74, 6) is 1.15. The van der Waals surface area contributed by atoms with E-state index >= 15 is 0 Å². The van der Waals surface area contributed by atoms with Crippen LogP contribution in [0.3, 0.4) is 0 Å². The minimum Gasteiger partial charge on any atom is -0.497 e. The molecule has 0 aliphatic carbocycles. The number of rotatable bonds is 5. The number of nitrogens with zero attached hydrogens (tertiary/aromatic N) is 2. The second-order valence-electron chi connectivity index (χ2n) is 7.26. The standard InChI is InChI=1S/C20H25N3O3/c1-25-18-7-3-13(4-8-18)14-9-16-5-6-17(10-14)23(16)12-15-11-21-22-19(15)20(24)26-2/h3-4,7-8,11,14,16-17H,5-6,9-10,12H2,1-2H3,(H,21,22)/t14?,16-,17+. The van der Waals surface area contributed by atoms with Gasteiger partial charge in [0.15, 0.2) is 0 Å². The SMILES string of the molecule is COC(=O)c1[nH]ncc1CN1[C@@H]2CC[C@H]1CC(c1ccc(OC)cc1)C2. The van der Waals surface area contributed by atoms with Crippen molar-refractivity contribution in [3.05, 3.63) is 47.3 Å². The summed E-state index contributed by atoms with van der Waals surface area (Å²) in [7, 11) is 3.10. The van der Waals surface area contributed by atoms with Crippen LogP contribution in [0, 0.1) is 0 Å². The molecule has 2 saturated heterocycles. The van der Waals surface area contributed by atoms with Crippen molar-refractivity contribution in [1.29, 1.82) is 0 Å². The third kappa shape index (κ3) is 3.09. The van der Waals surface area contributed by atoms with Crippen LogP contribution in [0.25, 0.3) is 0 Å². The highest BCUT2D eigenvalue weighted by Gasteiger charge is 2.41. The van der Waals surface area contributed by atoms with Gasteiger partial charge in [0.05, 0.1) is 20.4 Å². The zero-order chi connectivity index (χ0) is 18.1. The zero-order valence-corrected chi connectivity index (χ0v) is 15.3. The summed E-state index contributed by atoms with van der Waals surface area (Å²) in [5, 5.41) is 6.82. The molecule has 0 spiro atoms. The van der Waals surface area contributed by atoms with Gasteiger partial charge >= 0.3 is 5.97 Å². The maximum atomic E-state index is 11.9. The van der Waals surface area contributed by atoms with Gasteiger partial charge in [0, 0.05) is 24.2 Å². The Morgan fingerprint density at radius 3 is 2.50 bits per heavy atom. The van der Waals surface area contributed by atoms with Crippen molar-refractivity contribution in [3.63, 3.8) is 0 Å². The predicted molar refractivity (Wildman–Crippen MR) is 97.2 cm³/mol. The molecule has 2 aliphatic rings. The average Bonchev–Trinajstić information content (AvgIpc) is 3.22. The molecule has 26 heavy (non-hydrogen) atoms. The van der Waals surface area contributed by atoms with E-state index in [2.05, 4.69) is 39.4 Å². The Balaban J connectivity index is 1.47. The molecule has 1 aromatic carbocycles. The van der Waals surface area contributed by atoms with Crippen molar-refractivity contribution in [2.45, 2.75) is 50.2 Å². The second kappa shape index (κ2) is 7.11. The van der Waals surface area contributed by atoms with Crippen LogP contribution in [0.5, 0.6) is 5.75 Å². The fourth-order valence-corrected chi connectivity index (χ4v) is 4.59. The van der Waals surface area contributed by atoms with E-state index in [-0.39, 0.29) is 5.97 Å². The van der Waals surface area contributed by atoms with E-state index in [4.69, 9.17) is 9.47 Å². The molecule has 138 valence electrons. The Morgan fingerprint density at radius 2 is 1.88 bits per heavy atom. The first-order valence-electron chi connectivity index (χ1n) is 9.20. The first-order valence-corrected chi connectivity index (χ1v) is 9.20. The van der Waals surface area contributed by atoms with Gasteiger partial charge < -0.3 is 9.47 Å². The molecular formula is C20H25N3O3. The summed E-state index contributed by atoms with van der Waals surface area (Å²) in [6.45, 7) is 0.756. The van der Waals surface area contributed by atoms with E-state index in [1.807, 2.05) is 0 Å². The summed E-state index contributed by atoms with van der Waals surface area (Å²) in [6, 6.07) is 9.62. The number of carbonyl (C=O) groups excluding carboxylic acids is 1. The van der Waals surface area contributed by atoms with E-state index in [1.54, 1.807) is 13.3 Å². The van der Waals surface area contributed by atoms with Crippen LogP contribution in [-0.4, -0.2) is 47.4 Å². The van der Waals surface area contributed by atoms with Crippen molar-refractivity contribution in [2.75, 3.05) is 14.2 Å². The molecule has 3 heterocycles. The average molecular weight is 355 g/mol. The number of esters is 1. The van der Waals surface area contributed by atoms with E-state index in [9.17, 15) is 4.79 Å². The number of hydrogen-bond donors (Lipinski definition) is 1. The molecule has 2 aromatic rings. The van der Waals surface area contributed by atoms with Crippen molar-refractivity contribution in [3.8, 4) is 5.75 Å². The highest BCUT2D eigenvalue weighted by Crippen LogP contribution is 2.44. The first kappa shape index (κ1) is 17.1. The largest absolute Gasteiger partial charge is 0.497 e. The van der Waals surface area contributed by atoms with Crippen LogP contribution in [-0.2, 0) is 11.3 Å². The number of ether oxygens (including phenoxy) is 2. The maximum Gasteiger partial charge on any atom is 0.356 e. The molecule has 0 saturated carbocycles. The molecule has 2 aliphatic heterocycles. The molecule has 0 amide bonds. The van der Waals surface area contributed by atoms with Gasteiger partial charge in [0.2, 0.25) is 0 Å². The van der Waals surface area contributed by atoms with E-state index in [1.165, 1.54) is 25.5 Å². The molecule has 4 rings (SSSR count). The molecule has 3 atom stereocenters. The van der Waals surface area contributed by atoms with Crippen molar-refractivity contribution in [1.82, 2.24) is 15.1 Å². The van der Waals surface area contributed by atoms with E-state index in [0.29, 0.717) is 23.7 Å². The summed E-state index contributed by atoms with van der Waals surface area (Å²) in [6.07, 6.45) is 6.52. The lowest BCUT2D eigenvalue weighted by atomic mass is 9.85. The Morgan fingerprint density at radius 1 is 1.19 bits per heavy atom. The predicted octanol–water partition coefficient (Wildman–Crippen LogP) is 3.12. The lowest BCUT2D eigenvalue weighted by Crippen LogP contribution is -2.41. The third-order valence-electron chi connectivity index (χ3n) is 5.93. The molecule has 1 N–H and O–H groups in total. The Bertz CT molecular complexity index is 757. The number of piperidine rings is 1. The van der Waals surface area contributed by atoms with Gasteiger partial charge in [0.1, 0.15) is 11.4 Å². The molecule has 0 radical (unpaired) electrons. The van der Waals surface area contributed by atoms with Gasteiger partial charge in [0.25, 0.3) is 0 Å². The van der Waals surface area contributed by atoms with Crippen LogP contribution < -0.4 is 4.74 Å². The number of methoxy groups -OCH3 is 2. The summed E-state index contributed by atoms with van der Waals surface area (Å²) < 4.78 is 10.1. The highest BCUT2D eigenvalue weighted by atomic mass is 16.5. The van der Waals surface area contributed by atoms with Gasteiger partial charge in [-0.15, -0.1) is 0 Å². The smallest absolute Gasteiger partial charge is 0.356 e. The van der Waals surface area contributed by atoms with Crippen molar-refractivity contribution < 1.29 is 14.3 Å². The van der Waals surface area contributed by atoms with E-state index in [0.717, 1.165) is 30.7 Å². The monoisotopic (exact) mass is 355 g/mol. The number of fused-ring (bicyclic) bond motifs is 2. The first-order chi connectivity index (χ1) is 12.7. The molecule has 2 bridgehead atoms. The molecule has 2 fully saturated rings. The molecule has 6 heteroatoms. The number of benzene rings is 1. The van der Waals surface area contributed by atoms with Crippen molar-refractivity contribution >= 4 is 5.97 Å². The van der Waals surface area contributed by atoms with Gasteiger partial charge in [-0.3, -0.25) is 10.00 Å². The zero-order valence-electron chi connectivity index (χ0n) is 15.3. The molecular weight excluding hydrogens is 330 g/mol. The summed E-state index contributed by atoms with van der Waals surface area (Å²) >= 11 is 0. The Labute approximate surface area is 153 Å². The number of nitrogens with one attached hydrogen (secondary N) is 1. The van der Waals surface area contributed by atoms with Gasteiger partial charge in [-0.25, -0.2) is 4.79 Å². The minimum absolute atomic E-state index is 0.349. The van der Waals surface area contributed by atoms with Crippen LogP contribution >= 0.6 is 0 Å². The van der Waals surface area contributed by atoms with Crippen LogP contribution in [0.1, 0.15) is 53.2 Å². The van der Waals surface area contributed by atoms with Gasteiger partial charge in [-0.1, -0.05) is 12.1 Å². The third-order valence-corrected chi connectivity index (χ3v) is 5.93. The van der Waals surface area contributed by atoms with Gasteiger partial charge in [-0.2, -0.15) is 5.10 Å². The summed E-state index contributed by atoms with van der Waals surface area (Å²) in [5.41, 5.74) is 2.81. The number of aromatic nitrogens is 2. The van der Waals surface area contributed by atoms with Crippen LogP contribution in [0.4, 0.5) is 0 Å². The lowest BCUT2D eigenvalue weighted by Gasteiger charge is -2.39. The fraction of sp³-hybridized carbons (Fsp3) is 0.500. The number of aromatic amines is 1. The van der Waals surface area contributed by atoms with Crippen LogP contribution in [0.2, 0.25) is 0 Å². The maximum absolute atomic E-state index is 11.9. The van der Waals surface area contributed by atoms with Crippen molar-refractivity contribution in [2.24, 2.45) is 0 Å². The molecule has 1 aromatic heterocycles. The van der Waals surface area contributed by atoms with Crippen LogP contribution in [0.15, 0.2) is 30.5 Å². The second-order valence-corrected chi connectivity index (χ2v) is 7.26. The number of carbonyl (C=O) groups is 1. The number of H-pyrrole nitrogens is 1. The quantitative estimate of drug-likeness (QED) is 0.835. The fourth-order valence-electron chi connectivity index (χ4n) is 4.59. The normalized spacial score (nSPS) is 25.2. The molecule has 1 unspecified atom stereocenters. The lowest BCUT2D eigenvalue weighted by molar-refractivity contribution is 0.0588. The highest BCUT2D eigenvalue weighted by molar-refractivity contribution is 5.88. The minimum atomic E-state index is -0.349. The topological polar surface area (TPSA) is 67.5 Å². The molecule has 6 nitrogen and oxygen atoms in total. The van der Waals surface area contributed by atoms with Gasteiger partial charge in [-0.05, 0) is 49.3 Å². The Hall–Kier alpha value is -2.34.